The number of H-pyrrole nitrogens is 1. The third-order valence-electron chi connectivity index (χ3n) is 1.61. The van der Waals surface area contributed by atoms with Crippen LogP contribution in [0, 0.1) is 0 Å². The number of aliphatic imine (C=N–C) groups is 1. The number of nitrogens with zero attached hydrogens (tertiary/aromatic N) is 2. The molecule has 0 aliphatic heterocycles. The predicted molar refractivity (Wildman–Crippen MR) is 55.0 cm³/mol. The standard InChI is InChI=1S/C8H8N4OS/c13-10-5-9-8-4-6(11-12-8)7-2-1-3-14-7/h1-5,13H,(H2,9,10,11,12). The van der Waals surface area contributed by atoms with Crippen LogP contribution in [0.25, 0.3) is 10.6 Å². The van der Waals surface area contributed by atoms with Crippen LogP contribution in [0.1, 0.15) is 0 Å². The zero-order valence-corrected chi connectivity index (χ0v) is 7.95. The Morgan fingerprint density at radius 1 is 1.64 bits per heavy atom. The van der Waals surface area contributed by atoms with Gasteiger partial charge >= 0.3 is 0 Å². The van der Waals surface area contributed by atoms with E-state index in [0.717, 1.165) is 16.9 Å². The van der Waals surface area contributed by atoms with Gasteiger partial charge in [0, 0.05) is 6.07 Å². The number of aromatic nitrogens is 2. The van der Waals surface area contributed by atoms with Gasteiger partial charge in [0.25, 0.3) is 0 Å². The summed E-state index contributed by atoms with van der Waals surface area (Å²) in [5, 5.41) is 17.1. The Morgan fingerprint density at radius 2 is 2.57 bits per heavy atom. The minimum absolute atomic E-state index is 0.523. The third-order valence-corrected chi connectivity index (χ3v) is 2.51. The number of thiophene rings is 1. The molecule has 72 valence electrons. The first-order valence-electron chi connectivity index (χ1n) is 3.91. The normalized spacial score (nSPS) is 10.9. The lowest BCUT2D eigenvalue weighted by Crippen LogP contribution is -2.00. The molecule has 0 radical (unpaired) electrons. The highest BCUT2D eigenvalue weighted by atomic mass is 32.1. The van der Waals surface area contributed by atoms with Gasteiger partial charge in [0.1, 0.15) is 6.34 Å². The van der Waals surface area contributed by atoms with E-state index in [1.807, 2.05) is 23.0 Å². The van der Waals surface area contributed by atoms with Crippen molar-refractivity contribution >= 4 is 23.5 Å². The summed E-state index contributed by atoms with van der Waals surface area (Å²) in [7, 11) is 0. The summed E-state index contributed by atoms with van der Waals surface area (Å²) in [5.74, 6) is 0.523. The molecule has 0 aliphatic rings. The fraction of sp³-hybridized carbons (Fsp3) is 0. The minimum Gasteiger partial charge on any atom is -0.290 e. The van der Waals surface area contributed by atoms with Gasteiger partial charge in [-0.1, -0.05) is 6.07 Å². The van der Waals surface area contributed by atoms with Crippen molar-refractivity contribution in [1.29, 1.82) is 0 Å². The highest BCUT2D eigenvalue weighted by Gasteiger charge is 2.02. The first-order valence-corrected chi connectivity index (χ1v) is 4.79. The van der Waals surface area contributed by atoms with E-state index in [9.17, 15) is 0 Å². The summed E-state index contributed by atoms with van der Waals surface area (Å²) < 4.78 is 0. The van der Waals surface area contributed by atoms with Crippen molar-refractivity contribution in [2.45, 2.75) is 0 Å². The van der Waals surface area contributed by atoms with E-state index in [1.165, 1.54) is 0 Å². The van der Waals surface area contributed by atoms with Gasteiger partial charge in [-0.25, -0.2) is 4.99 Å². The highest BCUT2D eigenvalue weighted by Crippen LogP contribution is 2.24. The molecule has 0 saturated carbocycles. The maximum absolute atomic E-state index is 8.28. The lowest BCUT2D eigenvalue weighted by atomic mass is 10.3. The Balaban J connectivity index is 2.22. The fourth-order valence-corrected chi connectivity index (χ4v) is 1.72. The van der Waals surface area contributed by atoms with E-state index < -0.39 is 0 Å². The first-order chi connectivity index (χ1) is 6.90. The number of nitrogens with one attached hydrogen (secondary N) is 2. The van der Waals surface area contributed by atoms with Gasteiger partial charge in [0.05, 0.1) is 10.6 Å². The molecule has 0 aliphatic carbocycles. The molecule has 0 fully saturated rings. The maximum atomic E-state index is 8.28. The summed E-state index contributed by atoms with van der Waals surface area (Å²) in [6.07, 6.45) is 1.16. The molecule has 2 heterocycles. The molecule has 2 aromatic heterocycles. The predicted octanol–water partition coefficient (Wildman–Crippen LogP) is 1.78. The number of aromatic amines is 1. The van der Waals surface area contributed by atoms with Gasteiger partial charge in [-0.3, -0.25) is 15.8 Å². The van der Waals surface area contributed by atoms with Gasteiger partial charge in [-0.2, -0.15) is 5.10 Å². The summed E-state index contributed by atoms with van der Waals surface area (Å²) in [6, 6.07) is 5.77. The highest BCUT2D eigenvalue weighted by molar-refractivity contribution is 7.13. The molecule has 0 unspecified atom stereocenters. The molecule has 0 saturated heterocycles. The second-order valence-electron chi connectivity index (χ2n) is 2.50. The first kappa shape index (κ1) is 8.92. The van der Waals surface area contributed by atoms with Crippen molar-refractivity contribution in [1.82, 2.24) is 15.7 Å². The van der Waals surface area contributed by atoms with Gasteiger partial charge in [0.15, 0.2) is 5.82 Å². The molecule has 0 bridgehead atoms. The minimum atomic E-state index is 0.523. The van der Waals surface area contributed by atoms with Gasteiger partial charge < -0.3 is 0 Å². The van der Waals surface area contributed by atoms with Gasteiger partial charge in [0.2, 0.25) is 0 Å². The summed E-state index contributed by atoms with van der Waals surface area (Å²) >= 11 is 1.63. The second kappa shape index (κ2) is 4.03. The van der Waals surface area contributed by atoms with Crippen LogP contribution < -0.4 is 5.48 Å². The molecule has 0 atom stereocenters. The van der Waals surface area contributed by atoms with E-state index in [4.69, 9.17) is 5.21 Å². The third kappa shape index (κ3) is 1.81. The smallest absolute Gasteiger partial charge is 0.175 e. The number of hydrogen-bond donors (Lipinski definition) is 3. The van der Waals surface area contributed by atoms with Crippen LogP contribution in [0.2, 0.25) is 0 Å². The van der Waals surface area contributed by atoms with Crippen LogP contribution >= 0.6 is 11.3 Å². The fourth-order valence-electron chi connectivity index (χ4n) is 1.03. The summed E-state index contributed by atoms with van der Waals surface area (Å²) in [5.41, 5.74) is 2.74. The number of hydrogen-bond acceptors (Lipinski definition) is 4. The van der Waals surface area contributed by atoms with Crippen molar-refractivity contribution in [3.05, 3.63) is 23.6 Å². The van der Waals surface area contributed by atoms with Crippen molar-refractivity contribution in [3.63, 3.8) is 0 Å². The molecule has 14 heavy (non-hydrogen) atoms. The maximum Gasteiger partial charge on any atom is 0.175 e. The molecule has 2 rings (SSSR count). The van der Waals surface area contributed by atoms with Crippen LogP contribution in [0.5, 0.6) is 0 Å². The van der Waals surface area contributed by atoms with E-state index in [0.29, 0.717) is 5.82 Å². The Labute approximate surface area is 84.1 Å². The molecular formula is C8H8N4OS. The number of rotatable bonds is 3. The average molecular weight is 208 g/mol. The Morgan fingerprint density at radius 3 is 3.29 bits per heavy atom. The largest absolute Gasteiger partial charge is 0.290 e. The zero-order chi connectivity index (χ0) is 9.80. The summed E-state index contributed by atoms with van der Waals surface area (Å²) in [4.78, 5) is 4.94. The number of hydroxylamine groups is 1. The van der Waals surface area contributed by atoms with Crippen LogP contribution in [0.4, 0.5) is 5.82 Å². The molecule has 0 spiro atoms. The topological polar surface area (TPSA) is 73.3 Å². The van der Waals surface area contributed by atoms with Crippen molar-refractivity contribution < 1.29 is 5.21 Å². The summed E-state index contributed by atoms with van der Waals surface area (Å²) in [6.45, 7) is 0. The molecule has 6 heteroatoms. The van der Waals surface area contributed by atoms with E-state index in [2.05, 4.69) is 15.2 Å². The Hall–Kier alpha value is -1.66. The zero-order valence-electron chi connectivity index (χ0n) is 7.14. The SMILES string of the molecule is ONC=Nc1cc(-c2cccs2)[nH]n1. The average Bonchev–Trinajstić information content (AvgIpc) is 2.85. The van der Waals surface area contributed by atoms with E-state index in [-0.39, 0.29) is 0 Å². The molecule has 0 aromatic carbocycles. The lowest BCUT2D eigenvalue weighted by Gasteiger charge is -1.85. The second-order valence-corrected chi connectivity index (χ2v) is 3.45. The van der Waals surface area contributed by atoms with Crippen molar-refractivity contribution in [2.24, 2.45) is 4.99 Å². The molecule has 2 aromatic rings. The molecule has 5 nitrogen and oxygen atoms in total. The van der Waals surface area contributed by atoms with Gasteiger partial charge in [-0.05, 0) is 11.4 Å². The molecule has 3 N–H and O–H groups in total. The van der Waals surface area contributed by atoms with E-state index in [1.54, 1.807) is 17.4 Å². The van der Waals surface area contributed by atoms with Crippen molar-refractivity contribution in [2.75, 3.05) is 0 Å². The Bertz CT molecular complexity index is 420. The van der Waals surface area contributed by atoms with Gasteiger partial charge in [-0.15, -0.1) is 11.3 Å². The molecular weight excluding hydrogens is 200 g/mol. The quantitative estimate of drug-likeness (QED) is 0.409. The monoisotopic (exact) mass is 208 g/mol. The van der Waals surface area contributed by atoms with E-state index >= 15 is 0 Å². The van der Waals surface area contributed by atoms with Crippen LogP contribution in [0.3, 0.4) is 0 Å². The van der Waals surface area contributed by atoms with Crippen LogP contribution in [-0.2, 0) is 0 Å². The van der Waals surface area contributed by atoms with Crippen molar-refractivity contribution in [3.8, 4) is 10.6 Å². The van der Waals surface area contributed by atoms with Crippen LogP contribution in [-0.4, -0.2) is 21.7 Å². The van der Waals surface area contributed by atoms with Crippen LogP contribution in [0.15, 0.2) is 28.6 Å². The lowest BCUT2D eigenvalue weighted by molar-refractivity contribution is 0.240. The molecule has 0 amide bonds. The Kier molecular flexibility index (Phi) is 2.57.